The fraction of sp³-hybridized carbons (Fsp3) is 0.333. The number of hydrogen-bond acceptors (Lipinski definition) is 4. The summed E-state index contributed by atoms with van der Waals surface area (Å²) in [5, 5.41) is 9.07. The maximum Gasteiger partial charge on any atom is 0.307 e. The molecule has 0 saturated heterocycles. The van der Waals surface area contributed by atoms with Crippen LogP contribution in [0.4, 0.5) is 5.69 Å². The van der Waals surface area contributed by atoms with Gasteiger partial charge in [0.1, 0.15) is 6.07 Å². The highest BCUT2D eigenvalue weighted by atomic mass is 79.9. The normalized spacial score (nSPS) is 9.53. The van der Waals surface area contributed by atoms with Gasteiger partial charge in [-0.15, -0.1) is 0 Å². The molecule has 1 rings (SSSR count). The van der Waals surface area contributed by atoms with E-state index in [9.17, 15) is 4.79 Å². The molecule has 0 aromatic heterocycles. The standard InChI is InChI=1S/C12H13BrN2O2/c1-15(7-6-12(16)17-2)11-5-3-4-10(13)9(11)8-14/h3-5H,6-7H2,1-2H3. The molecular weight excluding hydrogens is 284 g/mol. The van der Waals surface area contributed by atoms with Gasteiger partial charge in [-0.05, 0) is 28.1 Å². The first-order valence-electron chi connectivity index (χ1n) is 5.06. The SMILES string of the molecule is COC(=O)CCN(C)c1cccc(Br)c1C#N. The number of benzene rings is 1. The van der Waals surface area contributed by atoms with Gasteiger partial charge in [0.15, 0.2) is 0 Å². The molecule has 90 valence electrons. The van der Waals surface area contributed by atoms with Crippen LogP contribution in [0.3, 0.4) is 0 Å². The van der Waals surface area contributed by atoms with Crippen LogP contribution in [0.2, 0.25) is 0 Å². The minimum atomic E-state index is -0.259. The first-order valence-corrected chi connectivity index (χ1v) is 5.86. The fourth-order valence-electron chi connectivity index (χ4n) is 1.42. The molecule has 0 heterocycles. The third kappa shape index (κ3) is 3.46. The van der Waals surface area contributed by atoms with Crippen molar-refractivity contribution in [2.75, 3.05) is 25.6 Å². The molecule has 0 amide bonds. The molecule has 0 aliphatic rings. The molecular formula is C12H13BrN2O2. The highest BCUT2D eigenvalue weighted by Gasteiger charge is 2.11. The number of methoxy groups -OCH3 is 1. The van der Waals surface area contributed by atoms with E-state index >= 15 is 0 Å². The molecule has 5 heteroatoms. The summed E-state index contributed by atoms with van der Waals surface area (Å²) < 4.78 is 5.33. The van der Waals surface area contributed by atoms with Crippen LogP contribution in [0.15, 0.2) is 22.7 Å². The van der Waals surface area contributed by atoms with Crippen molar-refractivity contribution in [2.24, 2.45) is 0 Å². The van der Waals surface area contributed by atoms with Gasteiger partial charge in [-0.2, -0.15) is 5.26 Å². The second-order valence-corrected chi connectivity index (χ2v) is 4.35. The van der Waals surface area contributed by atoms with E-state index in [0.29, 0.717) is 18.5 Å². The van der Waals surface area contributed by atoms with Gasteiger partial charge in [-0.25, -0.2) is 0 Å². The number of hydrogen-bond donors (Lipinski definition) is 0. The Balaban J connectivity index is 2.82. The molecule has 4 nitrogen and oxygen atoms in total. The molecule has 1 aromatic rings. The summed E-state index contributed by atoms with van der Waals surface area (Å²) in [6.07, 6.45) is 0.296. The van der Waals surface area contributed by atoms with E-state index in [-0.39, 0.29) is 5.97 Å². The van der Waals surface area contributed by atoms with Crippen LogP contribution in [0.1, 0.15) is 12.0 Å². The van der Waals surface area contributed by atoms with Crippen LogP contribution in [0.25, 0.3) is 0 Å². The van der Waals surface area contributed by atoms with Crippen LogP contribution in [-0.4, -0.2) is 26.7 Å². The quantitative estimate of drug-likeness (QED) is 0.800. The average molecular weight is 297 g/mol. The molecule has 0 bridgehead atoms. The molecule has 0 saturated carbocycles. The van der Waals surface area contributed by atoms with E-state index in [1.807, 2.05) is 30.1 Å². The van der Waals surface area contributed by atoms with Gasteiger partial charge in [0, 0.05) is 18.1 Å². The second-order valence-electron chi connectivity index (χ2n) is 3.49. The van der Waals surface area contributed by atoms with Crippen molar-refractivity contribution in [1.29, 1.82) is 5.26 Å². The van der Waals surface area contributed by atoms with Gasteiger partial charge in [-0.3, -0.25) is 4.79 Å². The van der Waals surface area contributed by atoms with Crippen LogP contribution in [0.5, 0.6) is 0 Å². The summed E-state index contributed by atoms with van der Waals surface area (Å²) in [6, 6.07) is 7.66. The van der Waals surface area contributed by atoms with Gasteiger partial charge < -0.3 is 9.64 Å². The maximum absolute atomic E-state index is 11.0. The second kappa shape index (κ2) is 6.26. The lowest BCUT2D eigenvalue weighted by Gasteiger charge is -2.20. The third-order valence-corrected chi connectivity index (χ3v) is 3.05. The highest BCUT2D eigenvalue weighted by Crippen LogP contribution is 2.26. The molecule has 0 aliphatic carbocycles. The van der Waals surface area contributed by atoms with E-state index in [2.05, 4.69) is 26.7 Å². The summed E-state index contributed by atoms with van der Waals surface area (Å²) in [7, 11) is 3.20. The van der Waals surface area contributed by atoms with Crippen LogP contribution < -0.4 is 4.90 Å². The number of esters is 1. The summed E-state index contributed by atoms with van der Waals surface area (Å²) in [5.41, 5.74) is 1.37. The first kappa shape index (κ1) is 13.5. The summed E-state index contributed by atoms with van der Waals surface area (Å²) in [4.78, 5) is 12.9. The van der Waals surface area contributed by atoms with Crippen LogP contribution in [-0.2, 0) is 9.53 Å². The number of ether oxygens (including phenoxy) is 1. The number of carbonyl (C=O) groups is 1. The molecule has 0 N–H and O–H groups in total. The van der Waals surface area contributed by atoms with Gasteiger partial charge in [-0.1, -0.05) is 6.07 Å². The minimum absolute atomic E-state index is 0.259. The molecule has 0 spiro atoms. The Morgan fingerprint density at radius 3 is 2.88 bits per heavy atom. The number of nitrogens with zero attached hydrogens (tertiary/aromatic N) is 2. The molecule has 0 fully saturated rings. The monoisotopic (exact) mass is 296 g/mol. The van der Waals surface area contributed by atoms with Crippen molar-refractivity contribution in [1.82, 2.24) is 0 Å². The fourth-order valence-corrected chi connectivity index (χ4v) is 1.87. The Labute approximate surface area is 109 Å². The van der Waals surface area contributed by atoms with E-state index in [4.69, 9.17) is 5.26 Å². The molecule has 0 radical (unpaired) electrons. The number of carbonyl (C=O) groups excluding carboxylic acids is 1. The number of halogens is 1. The van der Waals surface area contributed by atoms with Gasteiger partial charge in [0.2, 0.25) is 0 Å². The highest BCUT2D eigenvalue weighted by molar-refractivity contribution is 9.10. The van der Waals surface area contributed by atoms with Crippen LogP contribution in [0, 0.1) is 11.3 Å². The number of rotatable bonds is 4. The molecule has 0 unspecified atom stereocenters. The van der Waals surface area contributed by atoms with Crippen molar-refractivity contribution < 1.29 is 9.53 Å². The van der Waals surface area contributed by atoms with E-state index in [1.54, 1.807) is 0 Å². The van der Waals surface area contributed by atoms with E-state index in [1.165, 1.54) is 7.11 Å². The minimum Gasteiger partial charge on any atom is -0.469 e. The predicted molar refractivity (Wildman–Crippen MR) is 68.8 cm³/mol. The van der Waals surface area contributed by atoms with Gasteiger partial charge in [0.05, 0.1) is 24.8 Å². The largest absolute Gasteiger partial charge is 0.469 e. The lowest BCUT2D eigenvalue weighted by molar-refractivity contribution is -0.140. The topological polar surface area (TPSA) is 53.3 Å². The third-order valence-electron chi connectivity index (χ3n) is 2.39. The van der Waals surface area contributed by atoms with Gasteiger partial charge >= 0.3 is 5.97 Å². The predicted octanol–water partition coefficient (Wildman–Crippen LogP) is 2.32. The Bertz CT molecular complexity index is 454. The average Bonchev–Trinajstić information content (AvgIpc) is 2.35. The summed E-state index contributed by atoms with van der Waals surface area (Å²) in [6.45, 7) is 0.512. The molecule has 0 aliphatic heterocycles. The zero-order valence-corrected chi connectivity index (χ0v) is 11.3. The molecule has 0 atom stereocenters. The van der Waals surface area contributed by atoms with Crippen molar-refractivity contribution in [3.05, 3.63) is 28.2 Å². The lowest BCUT2D eigenvalue weighted by Crippen LogP contribution is -2.22. The summed E-state index contributed by atoms with van der Waals surface area (Å²) >= 11 is 3.33. The van der Waals surface area contributed by atoms with E-state index < -0.39 is 0 Å². The van der Waals surface area contributed by atoms with Crippen molar-refractivity contribution in [3.8, 4) is 6.07 Å². The molecule has 1 aromatic carbocycles. The Kier molecular flexibility index (Phi) is 4.98. The zero-order chi connectivity index (χ0) is 12.8. The maximum atomic E-state index is 11.0. The first-order chi connectivity index (χ1) is 8.10. The molecule has 17 heavy (non-hydrogen) atoms. The van der Waals surface area contributed by atoms with Crippen molar-refractivity contribution in [3.63, 3.8) is 0 Å². The van der Waals surface area contributed by atoms with Gasteiger partial charge in [0.25, 0.3) is 0 Å². The Hall–Kier alpha value is -1.54. The van der Waals surface area contributed by atoms with Crippen LogP contribution >= 0.6 is 15.9 Å². The van der Waals surface area contributed by atoms with E-state index in [0.717, 1.165) is 10.2 Å². The number of nitriles is 1. The van der Waals surface area contributed by atoms with Crippen molar-refractivity contribution in [2.45, 2.75) is 6.42 Å². The van der Waals surface area contributed by atoms with Crippen molar-refractivity contribution >= 4 is 27.6 Å². The summed E-state index contributed by atoms with van der Waals surface area (Å²) in [5.74, 6) is -0.259. The zero-order valence-electron chi connectivity index (χ0n) is 9.74. The lowest BCUT2D eigenvalue weighted by atomic mass is 10.2. The smallest absolute Gasteiger partial charge is 0.307 e. The Morgan fingerprint density at radius 1 is 1.59 bits per heavy atom. The Morgan fingerprint density at radius 2 is 2.29 bits per heavy atom. The number of anilines is 1.